The van der Waals surface area contributed by atoms with E-state index in [4.69, 9.17) is 14.8 Å². The molecule has 33 heavy (non-hydrogen) atoms. The Bertz CT molecular complexity index is 1040. The largest absolute Gasteiger partial charge is 0.379 e. The van der Waals surface area contributed by atoms with Crippen LogP contribution in [0.15, 0.2) is 39.3 Å². The van der Waals surface area contributed by atoms with Crippen LogP contribution in [0, 0.1) is 23.2 Å². The summed E-state index contributed by atoms with van der Waals surface area (Å²) in [5.74, 6) is 2.70. The molecular formula is C24H32N4O3S2. The lowest BCUT2D eigenvalue weighted by molar-refractivity contribution is -0.0132. The van der Waals surface area contributed by atoms with Gasteiger partial charge in [-0.1, -0.05) is 11.8 Å². The number of rotatable bonds is 4. The predicted octanol–water partition coefficient (Wildman–Crippen LogP) is 3.99. The Balaban J connectivity index is 1.18. The second-order valence-electron chi connectivity index (χ2n) is 10.5. The Hall–Kier alpha value is -1.42. The molecule has 1 aromatic rings. The summed E-state index contributed by atoms with van der Waals surface area (Å²) in [4.78, 5) is 5.02. The van der Waals surface area contributed by atoms with Gasteiger partial charge in [-0.05, 0) is 87.5 Å². The standard InChI is InChI=1S/C24H32N4O3S2/c1-16-22(24-13-17-10-18(14-24)12-19(11-17)15-24)26-27-23(32-16)25-20-2-4-21(5-3-20)33(29,30)28-6-8-31-9-7-28/h2-5,16-19H,6-15H2,1H3,(H,25,27). The van der Waals surface area contributed by atoms with Crippen LogP contribution in [0.1, 0.15) is 45.4 Å². The van der Waals surface area contributed by atoms with Gasteiger partial charge in [0.05, 0.1) is 34.8 Å². The van der Waals surface area contributed by atoms with E-state index in [0.29, 0.717) is 41.9 Å². The van der Waals surface area contributed by atoms with Crippen molar-refractivity contribution < 1.29 is 13.2 Å². The first-order chi connectivity index (χ1) is 15.9. The fourth-order valence-electron chi connectivity index (χ4n) is 7.22. The zero-order valence-electron chi connectivity index (χ0n) is 19.1. The van der Waals surface area contributed by atoms with Gasteiger partial charge in [0, 0.05) is 18.5 Å². The van der Waals surface area contributed by atoms with Crippen LogP contribution >= 0.6 is 11.8 Å². The lowest BCUT2D eigenvalue weighted by Crippen LogP contribution is -2.53. The molecule has 2 heterocycles. The molecule has 1 N–H and O–H groups in total. The molecule has 1 aromatic carbocycles. The van der Waals surface area contributed by atoms with Crippen molar-refractivity contribution in [2.45, 2.75) is 55.6 Å². The summed E-state index contributed by atoms with van der Waals surface area (Å²) in [5, 5.41) is 5.98. The van der Waals surface area contributed by atoms with Crippen LogP contribution in [0.3, 0.4) is 0 Å². The van der Waals surface area contributed by atoms with Gasteiger partial charge in [-0.2, -0.15) is 9.41 Å². The van der Waals surface area contributed by atoms with Gasteiger partial charge in [-0.25, -0.2) is 13.4 Å². The summed E-state index contributed by atoms with van der Waals surface area (Å²) >= 11 is 1.74. The van der Waals surface area contributed by atoms with Crippen LogP contribution in [-0.4, -0.2) is 55.2 Å². The second kappa shape index (κ2) is 8.36. The van der Waals surface area contributed by atoms with E-state index in [0.717, 1.165) is 28.6 Å². The van der Waals surface area contributed by atoms with E-state index in [1.807, 2.05) is 0 Å². The number of hydrogen-bond donors (Lipinski definition) is 1. The first-order valence-electron chi connectivity index (χ1n) is 12.2. The van der Waals surface area contributed by atoms with E-state index in [9.17, 15) is 8.42 Å². The fourth-order valence-corrected chi connectivity index (χ4v) is 9.63. The average molecular weight is 489 g/mol. The lowest BCUT2D eigenvalue weighted by Gasteiger charge is -2.57. The van der Waals surface area contributed by atoms with Crippen LogP contribution < -0.4 is 5.43 Å². The highest BCUT2D eigenvalue weighted by atomic mass is 32.2. The highest BCUT2D eigenvalue weighted by Gasteiger charge is 2.54. The van der Waals surface area contributed by atoms with Gasteiger partial charge < -0.3 is 4.74 Å². The van der Waals surface area contributed by atoms with E-state index in [-0.39, 0.29) is 0 Å². The van der Waals surface area contributed by atoms with Crippen molar-refractivity contribution in [1.29, 1.82) is 0 Å². The quantitative estimate of drug-likeness (QED) is 0.693. The molecule has 7 rings (SSSR count). The van der Waals surface area contributed by atoms with Crippen molar-refractivity contribution in [1.82, 2.24) is 9.73 Å². The Morgan fingerprint density at radius 1 is 1.06 bits per heavy atom. The molecule has 1 saturated heterocycles. The van der Waals surface area contributed by atoms with Crippen LogP contribution in [0.2, 0.25) is 0 Å². The van der Waals surface area contributed by atoms with Gasteiger partial charge in [0.15, 0.2) is 5.17 Å². The summed E-state index contributed by atoms with van der Waals surface area (Å²) in [6, 6.07) is 6.83. The molecule has 2 aliphatic heterocycles. The first-order valence-corrected chi connectivity index (χ1v) is 14.5. The molecular weight excluding hydrogens is 456 g/mol. The number of morpholine rings is 1. The molecule has 1 unspecified atom stereocenters. The number of nitrogens with one attached hydrogen (secondary N) is 1. The summed E-state index contributed by atoms with van der Waals surface area (Å²) in [6.45, 7) is 3.94. The van der Waals surface area contributed by atoms with Crippen molar-refractivity contribution in [2.24, 2.45) is 33.3 Å². The van der Waals surface area contributed by atoms with Crippen LogP contribution in [0.4, 0.5) is 5.69 Å². The van der Waals surface area contributed by atoms with Gasteiger partial charge in [0.25, 0.3) is 0 Å². The first kappa shape index (κ1) is 22.1. The van der Waals surface area contributed by atoms with Crippen LogP contribution in [0.5, 0.6) is 0 Å². The van der Waals surface area contributed by atoms with Crippen molar-refractivity contribution in [3.8, 4) is 0 Å². The molecule has 6 aliphatic rings. The fraction of sp³-hybridized carbons (Fsp3) is 0.667. The average Bonchev–Trinajstić information content (AvgIpc) is 2.79. The van der Waals surface area contributed by atoms with Crippen molar-refractivity contribution >= 4 is 38.4 Å². The molecule has 7 nitrogen and oxygen atoms in total. The van der Waals surface area contributed by atoms with E-state index in [1.165, 1.54) is 48.5 Å². The number of benzene rings is 1. The molecule has 0 radical (unpaired) electrons. The Kier molecular flexibility index (Phi) is 5.59. The van der Waals surface area contributed by atoms with Crippen LogP contribution in [-0.2, 0) is 14.8 Å². The highest BCUT2D eigenvalue weighted by Crippen LogP contribution is 2.61. The molecule has 1 atom stereocenters. The van der Waals surface area contributed by atoms with Crippen molar-refractivity contribution in [3.63, 3.8) is 0 Å². The third-order valence-corrected chi connectivity index (χ3v) is 11.1. The Labute approximate surface area is 200 Å². The summed E-state index contributed by atoms with van der Waals surface area (Å²) in [5.41, 5.74) is 5.60. The predicted molar refractivity (Wildman–Crippen MR) is 131 cm³/mol. The number of ether oxygens (including phenoxy) is 1. The number of aliphatic imine (C=N–C) groups is 1. The van der Waals surface area contributed by atoms with Gasteiger partial charge >= 0.3 is 0 Å². The molecule has 4 bridgehead atoms. The van der Waals surface area contributed by atoms with E-state index < -0.39 is 10.0 Å². The second-order valence-corrected chi connectivity index (χ2v) is 13.8. The minimum Gasteiger partial charge on any atom is -0.379 e. The van der Waals surface area contributed by atoms with Gasteiger partial charge in [0.2, 0.25) is 10.0 Å². The number of hydrazone groups is 1. The normalized spacial score (nSPS) is 37.7. The molecule has 4 saturated carbocycles. The maximum atomic E-state index is 12.8. The zero-order valence-corrected chi connectivity index (χ0v) is 20.7. The maximum absolute atomic E-state index is 12.8. The topological polar surface area (TPSA) is 83.4 Å². The third kappa shape index (κ3) is 4.05. The third-order valence-electron chi connectivity index (χ3n) is 8.20. The molecule has 9 heteroatoms. The van der Waals surface area contributed by atoms with E-state index in [2.05, 4.69) is 12.3 Å². The van der Waals surface area contributed by atoms with Gasteiger partial charge in [-0.3, -0.25) is 5.43 Å². The SMILES string of the molecule is CC1SC(=Nc2ccc(S(=O)(=O)N3CCOCC3)cc2)NN=C1C12CC3CC(CC(C3)C1)C2. The van der Waals surface area contributed by atoms with Crippen molar-refractivity contribution in [3.05, 3.63) is 24.3 Å². The van der Waals surface area contributed by atoms with Crippen LogP contribution in [0.25, 0.3) is 0 Å². The monoisotopic (exact) mass is 488 g/mol. The van der Waals surface area contributed by atoms with Crippen molar-refractivity contribution in [2.75, 3.05) is 26.3 Å². The number of amidine groups is 1. The van der Waals surface area contributed by atoms with Gasteiger partial charge in [0.1, 0.15) is 0 Å². The molecule has 0 aromatic heterocycles. The maximum Gasteiger partial charge on any atom is 0.243 e. The number of thioether (sulfide) groups is 1. The van der Waals surface area contributed by atoms with E-state index in [1.54, 1.807) is 36.0 Å². The Morgan fingerprint density at radius 2 is 1.67 bits per heavy atom. The smallest absolute Gasteiger partial charge is 0.243 e. The summed E-state index contributed by atoms with van der Waals surface area (Å²) in [6.07, 6.45) is 8.25. The number of nitrogens with zero attached hydrogens (tertiary/aromatic N) is 3. The molecule has 0 spiro atoms. The number of sulfonamides is 1. The summed E-state index contributed by atoms with van der Waals surface area (Å²) in [7, 11) is -3.49. The number of hydrogen-bond acceptors (Lipinski definition) is 6. The van der Waals surface area contributed by atoms with Gasteiger partial charge in [-0.15, -0.1) is 0 Å². The minimum absolute atomic E-state index is 0.299. The molecule has 0 amide bonds. The lowest BCUT2D eigenvalue weighted by atomic mass is 9.48. The highest BCUT2D eigenvalue weighted by molar-refractivity contribution is 8.15. The van der Waals surface area contributed by atoms with E-state index >= 15 is 0 Å². The molecule has 178 valence electrons. The Morgan fingerprint density at radius 3 is 2.24 bits per heavy atom. The minimum atomic E-state index is -3.49. The summed E-state index contributed by atoms with van der Waals surface area (Å²) < 4.78 is 32.4. The zero-order chi connectivity index (χ0) is 22.6. The molecule has 5 fully saturated rings. The molecule has 4 aliphatic carbocycles.